The zero-order chi connectivity index (χ0) is 24.4. The maximum atomic E-state index is 12.5. The van der Waals surface area contributed by atoms with E-state index in [2.05, 4.69) is 25.8 Å². The van der Waals surface area contributed by atoms with Crippen molar-refractivity contribution in [2.75, 3.05) is 0 Å². The van der Waals surface area contributed by atoms with Gasteiger partial charge in [0.05, 0.1) is 11.9 Å². The van der Waals surface area contributed by atoms with Gasteiger partial charge in [0.15, 0.2) is 0 Å². The third kappa shape index (κ3) is 5.16. The van der Waals surface area contributed by atoms with Gasteiger partial charge in [0.25, 0.3) is 11.8 Å². The van der Waals surface area contributed by atoms with Crippen LogP contribution in [0.1, 0.15) is 54.7 Å². The number of carboxylic acids is 1. The molecule has 0 unspecified atom stereocenters. The number of nitrogens with one attached hydrogen (secondary N) is 3. The number of aliphatic carboxylic acids is 1. The van der Waals surface area contributed by atoms with Gasteiger partial charge in [-0.3, -0.25) is 14.7 Å². The first-order valence-electron chi connectivity index (χ1n) is 11.2. The number of carbonyl (C=O) groups is 3. The first kappa shape index (κ1) is 23.2. The molecule has 0 bridgehead atoms. The molecule has 2 atom stereocenters. The Bertz CT molecular complexity index is 1210. The highest BCUT2D eigenvalue weighted by Gasteiger charge is 2.29. The summed E-state index contributed by atoms with van der Waals surface area (Å²) in [5.74, 6) is -1.59. The highest BCUT2D eigenvalue weighted by molar-refractivity contribution is 5.95. The Kier molecular flexibility index (Phi) is 6.49. The molecule has 1 aromatic carbocycles. The molecule has 10 heteroatoms. The van der Waals surface area contributed by atoms with E-state index >= 15 is 0 Å². The molecule has 0 saturated heterocycles. The normalized spacial score (nSPS) is 15.1. The van der Waals surface area contributed by atoms with E-state index in [1.165, 1.54) is 6.20 Å². The molecule has 1 saturated carbocycles. The second kappa shape index (κ2) is 9.50. The number of carboxylic acid groups (broad SMARTS) is 1. The number of hydrogen-bond donors (Lipinski definition) is 4. The molecule has 1 aliphatic rings. The van der Waals surface area contributed by atoms with Crippen LogP contribution in [0, 0.1) is 11.8 Å². The molecule has 1 fully saturated rings. The minimum absolute atomic E-state index is 0.0872. The average molecular weight is 466 g/mol. The van der Waals surface area contributed by atoms with Crippen molar-refractivity contribution in [2.24, 2.45) is 11.8 Å². The number of aromatic amines is 1. The topological polar surface area (TPSA) is 150 Å². The van der Waals surface area contributed by atoms with Crippen LogP contribution < -0.4 is 10.6 Å². The molecule has 2 aromatic heterocycles. The summed E-state index contributed by atoms with van der Waals surface area (Å²) < 4.78 is 5.59. The van der Waals surface area contributed by atoms with E-state index in [1.807, 2.05) is 13.0 Å². The minimum atomic E-state index is -1.12. The summed E-state index contributed by atoms with van der Waals surface area (Å²) >= 11 is 0. The monoisotopic (exact) mass is 465 g/mol. The lowest BCUT2D eigenvalue weighted by molar-refractivity contribution is -0.140. The Morgan fingerprint density at radius 3 is 2.50 bits per heavy atom. The quantitative estimate of drug-likeness (QED) is 0.379. The van der Waals surface area contributed by atoms with E-state index in [0.29, 0.717) is 22.9 Å². The van der Waals surface area contributed by atoms with Gasteiger partial charge in [0, 0.05) is 17.2 Å². The average Bonchev–Trinajstić information content (AvgIpc) is 3.33. The smallest absolute Gasteiger partial charge is 0.326 e. The van der Waals surface area contributed by atoms with Crippen LogP contribution in [0.2, 0.25) is 0 Å². The maximum absolute atomic E-state index is 12.5. The van der Waals surface area contributed by atoms with Crippen LogP contribution in [0.4, 0.5) is 0 Å². The first-order chi connectivity index (χ1) is 16.2. The van der Waals surface area contributed by atoms with Crippen LogP contribution in [-0.4, -0.2) is 50.2 Å². The molecule has 34 heavy (non-hydrogen) atoms. The molecular formula is C24H27N5O5. The van der Waals surface area contributed by atoms with Crippen LogP contribution >= 0.6 is 0 Å². The lowest BCUT2D eigenvalue weighted by Gasteiger charge is -2.16. The Labute approximate surface area is 196 Å². The van der Waals surface area contributed by atoms with E-state index in [9.17, 15) is 19.5 Å². The van der Waals surface area contributed by atoms with E-state index in [1.54, 1.807) is 38.1 Å². The van der Waals surface area contributed by atoms with Crippen LogP contribution in [0.15, 0.2) is 40.9 Å². The molecule has 0 aliphatic heterocycles. The number of aromatic nitrogens is 3. The molecule has 1 aliphatic carbocycles. The number of rotatable bonds is 9. The maximum Gasteiger partial charge on any atom is 0.326 e. The van der Waals surface area contributed by atoms with Crippen molar-refractivity contribution in [1.82, 2.24) is 25.8 Å². The Morgan fingerprint density at radius 1 is 1.09 bits per heavy atom. The number of carbonyl (C=O) groups excluding carboxylic acids is 2. The van der Waals surface area contributed by atoms with Gasteiger partial charge in [-0.05, 0) is 49.8 Å². The van der Waals surface area contributed by atoms with Gasteiger partial charge in [-0.2, -0.15) is 5.10 Å². The van der Waals surface area contributed by atoms with Gasteiger partial charge in [-0.25, -0.2) is 9.78 Å². The van der Waals surface area contributed by atoms with E-state index in [4.69, 9.17) is 4.42 Å². The molecule has 0 radical (unpaired) electrons. The third-order valence-corrected chi connectivity index (χ3v) is 5.86. The summed E-state index contributed by atoms with van der Waals surface area (Å²) in [6.45, 7) is 5.41. The van der Waals surface area contributed by atoms with Gasteiger partial charge in [-0.1, -0.05) is 26.0 Å². The SMILES string of the molecule is CC(C)[C@H](NC(=O)c1cnc(-c2cccc(-c3cc(C(=O)N[C@H](C)C4CC4)[nH]n3)c2)o1)C(=O)O. The second-order valence-corrected chi connectivity index (χ2v) is 8.91. The highest BCUT2D eigenvalue weighted by atomic mass is 16.4. The van der Waals surface area contributed by atoms with E-state index in [0.717, 1.165) is 18.4 Å². The summed E-state index contributed by atoms with van der Waals surface area (Å²) in [5.41, 5.74) is 2.29. The van der Waals surface area contributed by atoms with Crippen molar-refractivity contribution in [2.45, 2.75) is 45.7 Å². The van der Waals surface area contributed by atoms with Crippen LogP contribution in [0.25, 0.3) is 22.7 Å². The molecule has 2 amide bonds. The van der Waals surface area contributed by atoms with Crippen molar-refractivity contribution in [3.05, 3.63) is 48.0 Å². The zero-order valence-electron chi connectivity index (χ0n) is 19.2. The molecule has 178 valence electrons. The van der Waals surface area contributed by atoms with Gasteiger partial charge >= 0.3 is 5.97 Å². The van der Waals surface area contributed by atoms with Crippen molar-refractivity contribution in [1.29, 1.82) is 0 Å². The number of hydrogen-bond acceptors (Lipinski definition) is 6. The Hall–Kier alpha value is -3.95. The fourth-order valence-electron chi connectivity index (χ4n) is 3.63. The van der Waals surface area contributed by atoms with Gasteiger partial charge < -0.3 is 20.2 Å². The van der Waals surface area contributed by atoms with Crippen molar-refractivity contribution in [3.8, 4) is 22.7 Å². The number of benzene rings is 1. The molecule has 10 nitrogen and oxygen atoms in total. The number of nitrogens with zero attached hydrogens (tertiary/aromatic N) is 2. The van der Waals surface area contributed by atoms with Crippen LogP contribution in [0.3, 0.4) is 0 Å². The van der Waals surface area contributed by atoms with Crippen LogP contribution in [-0.2, 0) is 4.79 Å². The Balaban J connectivity index is 1.48. The summed E-state index contributed by atoms with van der Waals surface area (Å²) in [7, 11) is 0. The first-order valence-corrected chi connectivity index (χ1v) is 11.2. The predicted octanol–water partition coefficient (Wildman–Crippen LogP) is 3.10. The van der Waals surface area contributed by atoms with Crippen molar-refractivity contribution < 1.29 is 23.9 Å². The minimum Gasteiger partial charge on any atom is -0.480 e. The fraction of sp³-hybridized carbons (Fsp3) is 0.375. The molecule has 3 aromatic rings. The number of oxazole rings is 1. The summed E-state index contributed by atoms with van der Waals surface area (Å²) in [4.78, 5) is 40.4. The van der Waals surface area contributed by atoms with Gasteiger partial charge in [0.2, 0.25) is 11.7 Å². The third-order valence-electron chi connectivity index (χ3n) is 5.86. The Morgan fingerprint density at radius 2 is 1.82 bits per heavy atom. The van der Waals surface area contributed by atoms with E-state index < -0.39 is 17.9 Å². The van der Waals surface area contributed by atoms with Crippen molar-refractivity contribution in [3.63, 3.8) is 0 Å². The van der Waals surface area contributed by atoms with Gasteiger partial charge in [0.1, 0.15) is 11.7 Å². The summed E-state index contributed by atoms with van der Waals surface area (Å²) in [6, 6.07) is 7.95. The van der Waals surface area contributed by atoms with Crippen LogP contribution in [0.5, 0.6) is 0 Å². The lowest BCUT2D eigenvalue weighted by atomic mass is 10.0. The largest absolute Gasteiger partial charge is 0.480 e. The molecule has 0 spiro atoms. The van der Waals surface area contributed by atoms with Gasteiger partial charge in [-0.15, -0.1) is 0 Å². The molecule has 4 rings (SSSR count). The highest BCUT2D eigenvalue weighted by Crippen LogP contribution is 2.32. The zero-order valence-corrected chi connectivity index (χ0v) is 19.2. The predicted molar refractivity (Wildman–Crippen MR) is 123 cm³/mol. The standard InChI is InChI=1S/C24H27N5O5/c1-12(2)20(24(32)33)27-22(31)19-11-25-23(34-19)16-6-4-5-15(9-16)17-10-18(29-28-17)21(30)26-13(3)14-7-8-14/h4-6,9-14,20H,7-8H2,1-3H3,(H,26,30)(H,27,31)(H,28,29)(H,32,33)/t13-,20+/m1/s1. The summed E-state index contributed by atoms with van der Waals surface area (Å²) in [6.07, 6.45) is 3.55. The summed E-state index contributed by atoms with van der Waals surface area (Å²) in [5, 5.41) is 21.7. The number of H-pyrrole nitrogens is 1. The molecule has 2 heterocycles. The molecule has 4 N–H and O–H groups in total. The number of amides is 2. The lowest BCUT2D eigenvalue weighted by Crippen LogP contribution is -2.44. The second-order valence-electron chi connectivity index (χ2n) is 8.91. The molecular weight excluding hydrogens is 438 g/mol. The van der Waals surface area contributed by atoms with E-state index in [-0.39, 0.29) is 29.5 Å². The fourth-order valence-corrected chi connectivity index (χ4v) is 3.63. The van der Waals surface area contributed by atoms with Crippen molar-refractivity contribution >= 4 is 17.8 Å².